The molecule has 69 heavy (non-hydrogen) atoms. The van der Waals surface area contributed by atoms with Crippen LogP contribution in [-0.2, 0) is 32.5 Å². The minimum Gasteiger partial charge on any atom is -0.311 e. The van der Waals surface area contributed by atoms with Crippen molar-refractivity contribution in [3.63, 3.8) is 0 Å². The number of fused-ring (bicyclic) bond motifs is 7. The highest BCUT2D eigenvalue weighted by atomic mass is 15.2. The number of hydrogen-bond acceptors (Lipinski definition) is 2. The van der Waals surface area contributed by atoms with Crippen molar-refractivity contribution in [1.82, 2.24) is 0 Å². The van der Waals surface area contributed by atoms with E-state index in [1.807, 2.05) is 0 Å². The normalized spacial score (nSPS) is 20.0. The molecule has 2 aliphatic heterocycles. The van der Waals surface area contributed by atoms with Crippen molar-refractivity contribution in [1.29, 1.82) is 0 Å². The summed E-state index contributed by atoms with van der Waals surface area (Å²) < 4.78 is 0. The molecule has 0 unspecified atom stereocenters. The van der Waals surface area contributed by atoms with Crippen LogP contribution in [0, 0.1) is 6.92 Å². The highest BCUT2D eigenvalue weighted by Crippen LogP contribution is 2.56. The maximum atomic E-state index is 2.72. The average Bonchev–Trinajstić information content (AvgIpc) is 3.50. The van der Waals surface area contributed by atoms with E-state index in [9.17, 15) is 0 Å². The zero-order valence-corrected chi connectivity index (χ0v) is 43.7. The van der Waals surface area contributed by atoms with Crippen LogP contribution in [0.5, 0.6) is 0 Å². The molecule has 2 nitrogen and oxygen atoms in total. The summed E-state index contributed by atoms with van der Waals surface area (Å²) in [5, 5.41) is 0. The molecule has 0 saturated heterocycles. The van der Waals surface area contributed by atoms with E-state index in [0.29, 0.717) is 0 Å². The molecule has 7 aromatic rings. The number of nitrogens with zero attached hydrogens (tertiary/aromatic N) is 2. The first-order valence-electron chi connectivity index (χ1n) is 26.1. The number of anilines is 6. The van der Waals surface area contributed by atoms with Crippen molar-refractivity contribution in [3.05, 3.63) is 172 Å². The maximum Gasteiger partial charge on any atom is 0.252 e. The van der Waals surface area contributed by atoms with Gasteiger partial charge in [-0.2, -0.15) is 0 Å². The summed E-state index contributed by atoms with van der Waals surface area (Å²) in [7, 11) is 0. The Kier molecular flexibility index (Phi) is 9.42. The molecule has 0 spiro atoms. The topological polar surface area (TPSA) is 6.48 Å². The van der Waals surface area contributed by atoms with Crippen LogP contribution < -0.4 is 26.2 Å². The summed E-state index contributed by atoms with van der Waals surface area (Å²) in [4.78, 5) is 5.41. The van der Waals surface area contributed by atoms with Crippen molar-refractivity contribution < 1.29 is 0 Å². The highest BCUT2D eigenvalue weighted by molar-refractivity contribution is 7.00. The zero-order chi connectivity index (χ0) is 48.4. The third kappa shape index (κ3) is 6.64. The van der Waals surface area contributed by atoms with Crippen LogP contribution in [0.25, 0.3) is 22.3 Å². The van der Waals surface area contributed by atoms with Crippen LogP contribution in [0.3, 0.4) is 0 Å². The molecule has 7 aromatic carbocycles. The van der Waals surface area contributed by atoms with Gasteiger partial charge in [-0.15, -0.1) is 0 Å². The number of benzene rings is 7. The first-order valence-corrected chi connectivity index (χ1v) is 26.1. The maximum absolute atomic E-state index is 2.72. The lowest BCUT2D eigenvalue weighted by Crippen LogP contribution is -2.62. The monoisotopic (exact) mass is 903 g/mol. The molecule has 3 aliphatic carbocycles. The smallest absolute Gasteiger partial charge is 0.252 e. The molecule has 3 heteroatoms. The molecule has 0 amide bonds. The van der Waals surface area contributed by atoms with Gasteiger partial charge in [0.25, 0.3) is 6.71 Å². The highest BCUT2D eigenvalue weighted by Gasteiger charge is 2.50. The molecule has 0 saturated carbocycles. The van der Waals surface area contributed by atoms with E-state index in [1.54, 1.807) is 0 Å². The third-order valence-electron chi connectivity index (χ3n) is 18.2. The Bertz CT molecular complexity index is 3270. The molecule has 0 aromatic heterocycles. The fourth-order valence-electron chi connectivity index (χ4n) is 14.3. The Morgan fingerprint density at radius 1 is 0.362 bits per heavy atom. The van der Waals surface area contributed by atoms with Crippen molar-refractivity contribution in [2.45, 2.75) is 155 Å². The van der Waals surface area contributed by atoms with Gasteiger partial charge in [0, 0.05) is 34.0 Å². The molecule has 0 fully saturated rings. The Labute approximate surface area is 414 Å². The first kappa shape index (κ1) is 44.4. The molecule has 2 heterocycles. The largest absolute Gasteiger partial charge is 0.311 e. The minimum atomic E-state index is 0.0295. The van der Waals surface area contributed by atoms with E-state index in [2.05, 4.69) is 233 Å². The van der Waals surface area contributed by atoms with Crippen LogP contribution >= 0.6 is 0 Å². The molecular weight excluding hydrogens is 832 g/mol. The summed E-state index contributed by atoms with van der Waals surface area (Å²) in [6.45, 7) is 32.2. The van der Waals surface area contributed by atoms with E-state index in [-0.39, 0.29) is 39.2 Å². The van der Waals surface area contributed by atoms with Gasteiger partial charge in [0.2, 0.25) is 0 Å². The summed E-state index contributed by atoms with van der Waals surface area (Å²) in [5.74, 6) is 0. The van der Waals surface area contributed by atoms with Gasteiger partial charge in [0.15, 0.2) is 0 Å². The van der Waals surface area contributed by atoms with Gasteiger partial charge >= 0.3 is 0 Å². The lowest BCUT2D eigenvalue weighted by molar-refractivity contribution is 0.332. The van der Waals surface area contributed by atoms with Gasteiger partial charge in [-0.3, -0.25) is 0 Å². The Morgan fingerprint density at radius 2 is 0.826 bits per heavy atom. The molecule has 348 valence electrons. The third-order valence-corrected chi connectivity index (χ3v) is 18.2. The van der Waals surface area contributed by atoms with E-state index in [4.69, 9.17) is 0 Å². The van der Waals surface area contributed by atoms with E-state index in [1.165, 1.54) is 137 Å². The van der Waals surface area contributed by atoms with Crippen molar-refractivity contribution in [3.8, 4) is 22.3 Å². The summed E-state index contributed by atoms with van der Waals surface area (Å²) in [6, 6.07) is 52.6. The second-order valence-corrected chi connectivity index (χ2v) is 25.9. The Morgan fingerprint density at radius 3 is 1.41 bits per heavy atom. The van der Waals surface area contributed by atoms with Gasteiger partial charge < -0.3 is 9.80 Å². The lowest BCUT2D eigenvalue weighted by Gasteiger charge is -2.48. The number of aryl methyl sites for hydroxylation is 1. The summed E-state index contributed by atoms with van der Waals surface area (Å²) in [6.07, 6.45) is 5.86. The zero-order valence-electron chi connectivity index (χ0n) is 43.7. The predicted octanol–water partition coefficient (Wildman–Crippen LogP) is 16.1. The predicted molar refractivity (Wildman–Crippen MR) is 297 cm³/mol. The second kappa shape index (κ2) is 14.6. The van der Waals surface area contributed by atoms with Gasteiger partial charge in [-0.1, -0.05) is 168 Å². The van der Waals surface area contributed by atoms with Crippen LogP contribution in [0.15, 0.2) is 133 Å². The molecule has 12 rings (SSSR count). The van der Waals surface area contributed by atoms with Crippen LogP contribution in [0.1, 0.15) is 154 Å². The van der Waals surface area contributed by atoms with Crippen LogP contribution in [-0.4, -0.2) is 6.71 Å². The minimum absolute atomic E-state index is 0.0295. The standard InChI is InChI=1S/C66H71BN2/c1-41-32-58-60-59(33-41)69(55-27-24-44(42-20-16-14-17-21-42)34-46(55)43-22-18-15-19-23-43)57-39-52-50(65(10,11)40-66(52,12)13)37-54(57)67(60)53-36-49-51(64(8,9)31-30-63(49,6)7)38-56(53)68(58)45-25-26-47-48(35-45)62(4,5)29-28-61(47,2)3/h14-27,32-39H,28-31,40H2,1-13H3. The number of hydrogen-bond donors (Lipinski definition) is 0. The SMILES string of the molecule is Cc1cc2c3c(c1)N(c1ccc(-c4ccccc4)cc1-c1ccccc1)c1cc4c(cc1B3c1cc3c(cc1N2c1ccc2c(c1)C(C)(C)CCC2(C)C)C(C)(C)CCC3(C)C)C(C)(C)CC4(C)C. The molecule has 5 aliphatic rings. The van der Waals surface area contributed by atoms with Crippen molar-refractivity contribution in [2.24, 2.45) is 0 Å². The summed E-state index contributed by atoms with van der Waals surface area (Å²) >= 11 is 0. The first-order chi connectivity index (χ1) is 32.6. The van der Waals surface area contributed by atoms with E-state index < -0.39 is 0 Å². The van der Waals surface area contributed by atoms with Gasteiger partial charge in [0.05, 0.1) is 5.69 Å². The average molecular weight is 903 g/mol. The Hall–Kier alpha value is -5.80. The van der Waals surface area contributed by atoms with Crippen molar-refractivity contribution in [2.75, 3.05) is 9.80 Å². The van der Waals surface area contributed by atoms with Gasteiger partial charge in [-0.25, -0.2) is 0 Å². The molecule has 0 atom stereocenters. The van der Waals surface area contributed by atoms with Gasteiger partial charge in [-0.05, 0) is 192 Å². The Balaban J connectivity index is 1.21. The number of rotatable bonds is 4. The fraction of sp³-hybridized carbons (Fsp3) is 0.364. The lowest BCUT2D eigenvalue weighted by atomic mass is 9.32. The van der Waals surface area contributed by atoms with Crippen LogP contribution in [0.2, 0.25) is 0 Å². The second-order valence-electron chi connectivity index (χ2n) is 25.9. The molecule has 0 N–H and O–H groups in total. The molecule has 0 radical (unpaired) electrons. The summed E-state index contributed by atoms with van der Waals surface area (Å²) in [5.41, 5.74) is 27.6. The molecular formula is C66H71BN2. The van der Waals surface area contributed by atoms with E-state index in [0.717, 1.165) is 6.42 Å². The quantitative estimate of drug-likeness (QED) is 0.162. The fourth-order valence-corrected chi connectivity index (χ4v) is 14.3. The van der Waals surface area contributed by atoms with Crippen molar-refractivity contribution >= 4 is 57.2 Å². The van der Waals surface area contributed by atoms with Crippen LogP contribution in [0.4, 0.5) is 34.1 Å². The molecule has 0 bridgehead atoms. The van der Waals surface area contributed by atoms with Gasteiger partial charge in [0.1, 0.15) is 0 Å². The van der Waals surface area contributed by atoms with E-state index >= 15 is 0 Å².